The molecule has 3 rings (SSSR count). The minimum absolute atomic E-state index is 0.301. The van der Waals surface area contributed by atoms with Gasteiger partial charge in [-0.1, -0.05) is 11.6 Å². The van der Waals surface area contributed by atoms with E-state index in [1.54, 1.807) is 0 Å². The third kappa shape index (κ3) is 1.64. The molecule has 0 aliphatic rings. The number of fused-ring (bicyclic) bond motifs is 3. The van der Waals surface area contributed by atoms with Gasteiger partial charge in [0.15, 0.2) is 5.75 Å². The van der Waals surface area contributed by atoms with E-state index in [2.05, 4.69) is 18.2 Å². The molecule has 18 heavy (non-hydrogen) atoms. The topological polar surface area (TPSA) is 30.7 Å². The summed E-state index contributed by atoms with van der Waals surface area (Å²) in [7, 11) is 0. The molecule has 0 N–H and O–H groups in total. The highest BCUT2D eigenvalue weighted by molar-refractivity contribution is 5.88. The summed E-state index contributed by atoms with van der Waals surface area (Å²) in [6.07, 6.45) is 1.97. The van der Waals surface area contributed by atoms with E-state index in [9.17, 15) is 4.79 Å². The Bertz CT molecular complexity index is 756. The average Bonchev–Trinajstić information content (AvgIpc) is 2.77. The van der Waals surface area contributed by atoms with Gasteiger partial charge in [-0.15, -0.1) is 0 Å². The minimum atomic E-state index is -0.301. The zero-order valence-electron chi connectivity index (χ0n) is 10.3. The Labute approximate surface area is 105 Å². The number of pyridine rings is 1. The summed E-state index contributed by atoms with van der Waals surface area (Å²) in [5.74, 6) is 0.302. The normalized spacial score (nSPS) is 11.0. The number of nitrogens with zero attached hydrogens (tertiary/aromatic N) is 1. The summed E-state index contributed by atoms with van der Waals surface area (Å²) in [6.45, 7) is 3.46. The number of hydrogen-bond donors (Lipinski definition) is 0. The Hall–Kier alpha value is -2.29. The van der Waals surface area contributed by atoms with Gasteiger partial charge >= 0.3 is 5.97 Å². The van der Waals surface area contributed by atoms with Crippen molar-refractivity contribution in [1.29, 1.82) is 0 Å². The summed E-state index contributed by atoms with van der Waals surface area (Å²) in [5.41, 5.74) is 3.20. The second kappa shape index (κ2) is 3.88. The van der Waals surface area contributed by atoms with E-state index in [4.69, 9.17) is 4.74 Å². The van der Waals surface area contributed by atoms with Crippen LogP contribution in [0.25, 0.3) is 16.4 Å². The molecule has 0 aliphatic heterocycles. The molecular formula is C15H13NO2. The Morgan fingerprint density at radius 3 is 2.78 bits per heavy atom. The zero-order valence-corrected chi connectivity index (χ0v) is 10.3. The number of carbonyl (C=O) groups is 1. The molecule has 2 aromatic heterocycles. The molecule has 0 amide bonds. The summed E-state index contributed by atoms with van der Waals surface area (Å²) < 4.78 is 7.31. The van der Waals surface area contributed by atoms with Crippen LogP contribution in [0.1, 0.15) is 12.5 Å². The number of aromatic nitrogens is 1. The summed E-state index contributed by atoms with van der Waals surface area (Å²) in [5, 5.41) is 1.06. The molecule has 0 unspecified atom stereocenters. The highest BCUT2D eigenvalue weighted by atomic mass is 16.5. The van der Waals surface area contributed by atoms with Gasteiger partial charge in [0.05, 0.1) is 11.0 Å². The zero-order chi connectivity index (χ0) is 12.7. The van der Waals surface area contributed by atoms with Gasteiger partial charge in [0.2, 0.25) is 0 Å². The van der Waals surface area contributed by atoms with Crippen LogP contribution in [-0.2, 0) is 4.79 Å². The molecule has 0 radical (unpaired) electrons. The third-order valence-electron chi connectivity index (χ3n) is 2.98. The Morgan fingerprint density at radius 1 is 1.17 bits per heavy atom. The van der Waals surface area contributed by atoms with E-state index >= 15 is 0 Å². The highest BCUT2D eigenvalue weighted by Gasteiger charge is 2.09. The van der Waals surface area contributed by atoms with Gasteiger partial charge in [0.25, 0.3) is 0 Å². The van der Waals surface area contributed by atoms with Crippen LogP contribution in [0.3, 0.4) is 0 Å². The quantitative estimate of drug-likeness (QED) is 0.610. The fourth-order valence-electron chi connectivity index (χ4n) is 2.25. The summed E-state index contributed by atoms with van der Waals surface area (Å²) >= 11 is 0. The maximum absolute atomic E-state index is 11.2. The van der Waals surface area contributed by atoms with E-state index in [0.717, 1.165) is 16.4 Å². The first-order valence-electron chi connectivity index (χ1n) is 5.84. The van der Waals surface area contributed by atoms with Crippen molar-refractivity contribution < 1.29 is 9.53 Å². The SMILES string of the molecule is CC(=O)Oc1cc2cc(C)ccc2n2cccc12. The molecule has 3 nitrogen and oxygen atoms in total. The molecule has 0 spiro atoms. The van der Waals surface area contributed by atoms with Crippen molar-refractivity contribution in [3.05, 3.63) is 48.2 Å². The first-order chi connectivity index (χ1) is 8.65. The van der Waals surface area contributed by atoms with Crippen molar-refractivity contribution in [3.8, 4) is 5.75 Å². The molecule has 0 saturated carbocycles. The first-order valence-corrected chi connectivity index (χ1v) is 5.84. The molecule has 1 aromatic carbocycles. The van der Waals surface area contributed by atoms with E-state index in [1.807, 2.05) is 35.7 Å². The maximum Gasteiger partial charge on any atom is 0.308 e. The lowest BCUT2D eigenvalue weighted by atomic mass is 10.1. The molecule has 90 valence electrons. The molecule has 3 heteroatoms. The lowest BCUT2D eigenvalue weighted by Crippen LogP contribution is -2.03. The number of benzene rings is 1. The second-order valence-corrected chi connectivity index (χ2v) is 4.43. The predicted molar refractivity (Wildman–Crippen MR) is 70.9 cm³/mol. The summed E-state index contributed by atoms with van der Waals surface area (Å²) in [6, 6.07) is 12.0. The molecule has 2 heterocycles. The maximum atomic E-state index is 11.2. The number of hydrogen-bond acceptors (Lipinski definition) is 2. The van der Waals surface area contributed by atoms with Crippen molar-refractivity contribution in [2.24, 2.45) is 0 Å². The molecule has 0 atom stereocenters. The van der Waals surface area contributed by atoms with E-state index in [0.29, 0.717) is 5.75 Å². The van der Waals surface area contributed by atoms with Gasteiger partial charge in [-0.3, -0.25) is 4.79 Å². The number of carbonyl (C=O) groups excluding carboxylic acids is 1. The average molecular weight is 239 g/mol. The van der Waals surface area contributed by atoms with Crippen molar-refractivity contribution in [2.75, 3.05) is 0 Å². The van der Waals surface area contributed by atoms with Crippen LogP contribution in [0, 0.1) is 6.92 Å². The van der Waals surface area contributed by atoms with Crippen LogP contribution in [0.2, 0.25) is 0 Å². The summed E-state index contributed by atoms with van der Waals surface area (Å²) in [4.78, 5) is 11.2. The largest absolute Gasteiger partial charge is 0.424 e. The predicted octanol–water partition coefficient (Wildman–Crippen LogP) is 3.33. The van der Waals surface area contributed by atoms with Gasteiger partial charge in [0.1, 0.15) is 0 Å². The number of aryl methyl sites for hydroxylation is 1. The van der Waals surface area contributed by atoms with Crippen molar-refractivity contribution in [2.45, 2.75) is 13.8 Å². The first kappa shape index (κ1) is 10.8. The van der Waals surface area contributed by atoms with Gasteiger partial charge in [-0.25, -0.2) is 0 Å². The molecule has 0 fully saturated rings. The van der Waals surface area contributed by atoms with Crippen LogP contribution in [0.15, 0.2) is 42.6 Å². The molecular weight excluding hydrogens is 226 g/mol. The molecule has 3 aromatic rings. The minimum Gasteiger partial charge on any atom is -0.424 e. The number of ether oxygens (including phenoxy) is 1. The monoisotopic (exact) mass is 239 g/mol. The lowest BCUT2D eigenvalue weighted by Gasteiger charge is -2.09. The Morgan fingerprint density at radius 2 is 2.00 bits per heavy atom. The van der Waals surface area contributed by atoms with Crippen LogP contribution < -0.4 is 4.74 Å². The van der Waals surface area contributed by atoms with Crippen molar-refractivity contribution in [1.82, 2.24) is 4.40 Å². The molecule has 0 bridgehead atoms. The van der Waals surface area contributed by atoms with E-state index in [-0.39, 0.29) is 5.97 Å². The van der Waals surface area contributed by atoms with Crippen LogP contribution in [0.4, 0.5) is 0 Å². The van der Waals surface area contributed by atoms with Crippen LogP contribution >= 0.6 is 0 Å². The Kier molecular flexibility index (Phi) is 2.33. The Balaban J connectivity index is 2.39. The lowest BCUT2D eigenvalue weighted by molar-refractivity contribution is -0.131. The fraction of sp³-hybridized carbons (Fsp3) is 0.133. The standard InChI is InChI=1S/C15H13NO2/c1-10-5-6-13-12(8-10)9-15(18-11(2)17)14-4-3-7-16(13)14/h3-9H,1-2H3. The second-order valence-electron chi connectivity index (χ2n) is 4.43. The van der Waals surface area contributed by atoms with Gasteiger partial charge in [0, 0.05) is 18.5 Å². The van der Waals surface area contributed by atoms with Crippen LogP contribution in [-0.4, -0.2) is 10.4 Å². The molecule has 0 aliphatic carbocycles. The van der Waals surface area contributed by atoms with Crippen molar-refractivity contribution >= 4 is 22.4 Å². The highest BCUT2D eigenvalue weighted by Crippen LogP contribution is 2.28. The van der Waals surface area contributed by atoms with Gasteiger partial charge in [-0.05, 0) is 37.3 Å². The van der Waals surface area contributed by atoms with Crippen molar-refractivity contribution in [3.63, 3.8) is 0 Å². The number of esters is 1. The number of rotatable bonds is 1. The van der Waals surface area contributed by atoms with E-state index in [1.165, 1.54) is 12.5 Å². The van der Waals surface area contributed by atoms with Gasteiger partial charge in [-0.2, -0.15) is 0 Å². The third-order valence-corrected chi connectivity index (χ3v) is 2.98. The molecule has 0 saturated heterocycles. The fourth-order valence-corrected chi connectivity index (χ4v) is 2.25. The van der Waals surface area contributed by atoms with Crippen LogP contribution in [0.5, 0.6) is 5.75 Å². The van der Waals surface area contributed by atoms with E-state index < -0.39 is 0 Å². The van der Waals surface area contributed by atoms with Gasteiger partial charge < -0.3 is 9.14 Å². The smallest absolute Gasteiger partial charge is 0.308 e.